The Hall–Kier alpha value is -3.38. The molecule has 0 radical (unpaired) electrons. The summed E-state index contributed by atoms with van der Waals surface area (Å²) >= 11 is 0. The zero-order chi connectivity index (χ0) is 27.5. The summed E-state index contributed by atoms with van der Waals surface area (Å²) in [5.41, 5.74) is 10.4. The topological polar surface area (TPSA) is 304 Å². The van der Waals surface area contributed by atoms with Crippen molar-refractivity contribution in [3.05, 3.63) is 0 Å². The first kappa shape index (κ1) is 31.6. The highest BCUT2D eigenvalue weighted by atomic mass is 16.4. The van der Waals surface area contributed by atoms with Gasteiger partial charge >= 0.3 is 5.97 Å². The van der Waals surface area contributed by atoms with Crippen LogP contribution in [0.15, 0.2) is 0 Å². The van der Waals surface area contributed by atoms with E-state index in [0.717, 1.165) is 13.8 Å². The van der Waals surface area contributed by atoms with Crippen molar-refractivity contribution in [2.75, 3.05) is 13.2 Å². The first-order chi connectivity index (χ1) is 16.2. The molecule has 200 valence electrons. The van der Waals surface area contributed by atoms with Gasteiger partial charge in [-0.1, -0.05) is 0 Å². The predicted molar refractivity (Wildman–Crippen MR) is 115 cm³/mol. The van der Waals surface area contributed by atoms with Crippen LogP contribution in [0, 0.1) is 0 Å². The zero-order valence-electron chi connectivity index (χ0n) is 19.0. The number of carboxylic acid groups (broad SMARTS) is 1. The van der Waals surface area contributed by atoms with Gasteiger partial charge < -0.3 is 58.3 Å². The number of carboxylic acids is 1. The summed E-state index contributed by atoms with van der Waals surface area (Å²) in [7, 11) is 0. The number of hydrogen-bond acceptors (Lipinski definition) is 11. The second-order valence-corrected chi connectivity index (χ2v) is 7.56. The van der Waals surface area contributed by atoms with Gasteiger partial charge in [0.05, 0.1) is 31.8 Å². The molecule has 0 unspecified atom stereocenters. The van der Waals surface area contributed by atoms with Crippen LogP contribution in [0.2, 0.25) is 0 Å². The maximum absolute atomic E-state index is 12.7. The third-order valence-electron chi connectivity index (χ3n) is 4.50. The zero-order valence-corrected chi connectivity index (χ0v) is 19.0. The molecule has 0 aliphatic carbocycles. The quantitative estimate of drug-likeness (QED) is 0.0983. The van der Waals surface area contributed by atoms with Crippen molar-refractivity contribution in [1.29, 1.82) is 0 Å². The molecule has 17 nitrogen and oxygen atoms in total. The number of aliphatic hydroxyl groups excluding tert-OH is 4. The maximum atomic E-state index is 12.7. The molecule has 35 heavy (non-hydrogen) atoms. The van der Waals surface area contributed by atoms with Crippen molar-refractivity contribution in [2.24, 2.45) is 11.5 Å². The number of rotatable bonds is 15. The van der Waals surface area contributed by atoms with Crippen molar-refractivity contribution >= 4 is 35.5 Å². The normalized spacial score (nSPS) is 16.9. The lowest BCUT2D eigenvalue weighted by molar-refractivity contribution is -0.145. The minimum absolute atomic E-state index is 0.759. The molecule has 0 fully saturated rings. The number of nitrogens with one attached hydrogen (secondary N) is 4. The number of nitrogens with two attached hydrogens (primary N) is 2. The van der Waals surface area contributed by atoms with Crippen LogP contribution >= 0.6 is 0 Å². The Labute approximate surface area is 199 Å². The first-order valence-corrected chi connectivity index (χ1v) is 10.2. The van der Waals surface area contributed by atoms with Gasteiger partial charge in [-0.3, -0.25) is 24.0 Å². The van der Waals surface area contributed by atoms with E-state index in [0.29, 0.717) is 0 Å². The number of hydrogen-bond donors (Lipinski definition) is 11. The van der Waals surface area contributed by atoms with E-state index in [1.54, 1.807) is 0 Å². The molecule has 0 aliphatic heterocycles. The molecular weight excluding hydrogens is 476 g/mol. The van der Waals surface area contributed by atoms with Crippen molar-refractivity contribution in [1.82, 2.24) is 21.3 Å². The second-order valence-electron chi connectivity index (χ2n) is 7.56. The van der Waals surface area contributed by atoms with Crippen LogP contribution in [-0.4, -0.2) is 117 Å². The fourth-order valence-corrected chi connectivity index (χ4v) is 2.53. The Morgan fingerprint density at radius 1 is 0.714 bits per heavy atom. The van der Waals surface area contributed by atoms with E-state index in [1.807, 2.05) is 21.3 Å². The molecule has 0 rings (SSSR count). The van der Waals surface area contributed by atoms with E-state index >= 15 is 0 Å². The van der Waals surface area contributed by atoms with Gasteiger partial charge in [0.25, 0.3) is 0 Å². The molecule has 0 aromatic heterocycles. The Morgan fingerprint density at radius 3 is 1.57 bits per heavy atom. The standard InChI is InChI=1S/C18H32N6O11/c1-6(27)12(23-16(32)10(5-26)22-14(30)8(19)4-25)17(33)21-9(3-11(20)29)15(31)24-13(7(2)28)18(34)35/h6-10,12-13,25-28H,3-5,19H2,1-2H3,(H2,20,29)(H,21,33)(H,22,30)(H,23,32)(H,24,31)(H,34,35)/t6-,7-,8+,9+,10+,12+,13+/m1/s1. The summed E-state index contributed by atoms with van der Waals surface area (Å²) in [4.78, 5) is 71.8. The molecule has 0 aromatic carbocycles. The highest BCUT2D eigenvalue weighted by Crippen LogP contribution is 2.02. The van der Waals surface area contributed by atoms with Gasteiger partial charge in [-0.2, -0.15) is 0 Å². The van der Waals surface area contributed by atoms with Crippen LogP contribution in [0.3, 0.4) is 0 Å². The molecule has 0 aromatic rings. The van der Waals surface area contributed by atoms with Crippen LogP contribution < -0.4 is 32.7 Å². The van der Waals surface area contributed by atoms with Crippen LogP contribution in [0.25, 0.3) is 0 Å². The van der Waals surface area contributed by atoms with Gasteiger partial charge in [0.15, 0.2) is 6.04 Å². The van der Waals surface area contributed by atoms with Gasteiger partial charge in [0, 0.05) is 0 Å². The fourth-order valence-electron chi connectivity index (χ4n) is 2.53. The minimum atomic E-state index is -1.79. The Morgan fingerprint density at radius 2 is 1.17 bits per heavy atom. The van der Waals surface area contributed by atoms with Crippen LogP contribution in [0.1, 0.15) is 20.3 Å². The number of carbonyl (C=O) groups is 6. The fraction of sp³-hybridized carbons (Fsp3) is 0.667. The smallest absolute Gasteiger partial charge is 0.328 e. The Balaban J connectivity index is 5.58. The summed E-state index contributed by atoms with van der Waals surface area (Å²) in [5, 5.41) is 54.8. The molecule has 0 saturated carbocycles. The molecule has 0 bridgehead atoms. The van der Waals surface area contributed by atoms with Crippen molar-refractivity contribution < 1.29 is 54.3 Å². The maximum Gasteiger partial charge on any atom is 0.328 e. The minimum Gasteiger partial charge on any atom is -0.480 e. The summed E-state index contributed by atoms with van der Waals surface area (Å²) in [6, 6.07) is -8.37. The van der Waals surface area contributed by atoms with E-state index in [1.165, 1.54) is 0 Å². The molecule has 13 N–H and O–H groups in total. The molecule has 0 aliphatic rings. The number of carbonyl (C=O) groups excluding carboxylic acids is 5. The molecule has 0 spiro atoms. The van der Waals surface area contributed by atoms with E-state index in [4.69, 9.17) is 21.7 Å². The SMILES string of the molecule is C[C@@H](O)[C@H](NC(=O)[C@H](CC(N)=O)NC(=O)[C@@H](NC(=O)[C@H](CO)NC(=O)[C@@H](N)CO)[C@@H](C)O)C(=O)O. The third-order valence-corrected chi connectivity index (χ3v) is 4.50. The van der Waals surface area contributed by atoms with E-state index in [2.05, 4.69) is 0 Å². The summed E-state index contributed by atoms with van der Waals surface area (Å²) in [6.07, 6.45) is -3.95. The molecule has 5 amide bonds. The van der Waals surface area contributed by atoms with Gasteiger partial charge in [0.2, 0.25) is 29.5 Å². The third kappa shape index (κ3) is 10.6. The summed E-state index contributed by atoms with van der Waals surface area (Å²) in [5.74, 6) is -7.25. The number of primary amides is 1. The van der Waals surface area contributed by atoms with Gasteiger partial charge in [0.1, 0.15) is 24.2 Å². The predicted octanol–water partition coefficient (Wildman–Crippen LogP) is -7.04. The molecule has 0 heterocycles. The van der Waals surface area contributed by atoms with Crippen LogP contribution in [0.5, 0.6) is 0 Å². The monoisotopic (exact) mass is 508 g/mol. The summed E-state index contributed by atoms with van der Waals surface area (Å²) < 4.78 is 0. The van der Waals surface area contributed by atoms with E-state index in [9.17, 15) is 44.1 Å². The van der Waals surface area contributed by atoms with E-state index in [-0.39, 0.29) is 0 Å². The lowest BCUT2D eigenvalue weighted by Gasteiger charge is -2.27. The van der Waals surface area contributed by atoms with E-state index < -0.39 is 97.6 Å². The highest BCUT2D eigenvalue weighted by Gasteiger charge is 2.34. The largest absolute Gasteiger partial charge is 0.480 e. The van der Waals surface area contributed by atoms with Gasteiger partial charge in [-0.05, 0) is 13.8 Å². The average Bonchev–Trinajstić information content (AvgIpc) is 2.76. The lowest BCUT2D eigenvalue weighted by Crippen LogP contribution is -2.62. The first-order valence-electron chi connectivity index (χ1n) is 10.2. The number of aliphatic carboxylic acids is 1. The molecule has 17 heteroatoms. The molecule has 0 saturated heterocycles. The highest BCUT2D eigenvalue weighted by molar-refractivity contribution is 5.97. The van der Waals surface area contributed by atoms with Gasteiger partial charge in [-0.25, -0.2) is 4.79 Å². The summed E-state index contributed by atoms with van der Waals surface area (Å²) in [6.45, 7) is 0.442. The van der Waals surface area contributed by atoms with Crippen molar-refractivity contribution in [3.63, 3.8) is 0 Å². The van der Waals surface area contributed by atoms with Crippen LogP contribution in [0.4, 0.5) is 0 Å². The molecule has 7 atom stereocenters. The molecular formula is C18H32N6O11. The Bertz CT molecular complexity index is 791. The number of amides is 5. The van der Waals surface area contributed by atoms with Gasteiger partial charge in [-0.15, -0.1) is 0 Å². The van der Waals surface area contributed by atoms with Crippen molar-refractivity contribution in [2.45, 2.75) is 62.7 Å². The lowest BCUT2D eigenvalue weighted by atomic mass is 10.1. The number of aliphatic hydroxyl groups is 4. The second kappa shape index (κ2) is 14.8. The van der Waals surface area contributed by atoms with Crippen LogP contribution in [-0.2, 0) is 28.8 Å². The Kier molecular flexibility index (Phi) is 13.4. The average molecular weight is 508 g/mol. The van der Waals surface area contributed by atoms with Crippen molar-refractivity contribution in [3.8, 4) is 0 Å².